The van der Waals surface area contributed by atoms with Crippen LogP contribution in [-0.4, -0.2) is 32.0 Å². The van der Waals surface area contributed by atoms with E-state index in [0.717, 1.165) is 23.5 Å². The Morgan fingerprint density at radius 1 is 1.12 bits per heavy atom. The van der Waals surface area contributed by atoms with Crippen molar-refractivity contribution < 1.29 is 14.3 Å². The van der Waals surface area contributed by atoms with Crippen LogP contribution < -0.4 is 14.5 Å². The van der Waals surface area contributed by atoms with E-state index in [0.29, 0.717) is 26.1 Å². The summed E-state index contributed by atoms with van der Waals surface area (Å²) in [5, 5.41) is 0. The summed E-state index contributed by atoms with van der Waals surface area (Å²) < 4.78 is 5.77. The SMILES string of the molecule is Cc1ccc(OCCCN2C(=O)C(C)CN(C=O)c3ccccc32)cc1. The fourth-order valence-electron chi connectivity index (χ4n) is 3.17. The van der Waals surface area contributed by atoms with Gasteiger partial charge in [0, 0.05) is 13.1 Å². The van der Waals surface area contributed by atoms with E-state index in [-0.39, 0.29) is 11.8 Å². The van der Waals surface area contributed by atoms with Crippen molar-refractivity contribution in [1.82, 2.24) is 0 Å². The molecule has 0 spiro atoms. The van der Waals surface area contributed by atoms with Crippen molar-refractivity contribution in [1.29, 1.82) is 0 Å². The molecule has 0 radical (unpaired) electrons. The number of benzene rings is 2. The minimum absolute atomic E-state index is 0.0390. The summed E-state index contributed by atoms with van der Waals surface area (Å²) in [4.78, 5) is 27.7. The number of hydrogen-bond donors (Lipinski definition) is 0. The molecule has 0 bridgehead atoms. The number of rotatable bonds is 6. The summed E-state index contributed by atoms with van der Waals surface area (Å²) in [7, 11) is 0. The van der Waals surface area contributed by atoms with Crippen molar-refractivity contribution >= 4 is 23.7 Å². The molecule has 0 aromatic heterocycles. The van der Waals surface area contributed by atoms with E-state index in [1.165, 1.54) is 5.56 Å². The van der Waals surface area contributed by atoms with Crippen molar-refractivity contribution in [3.63, 3.8) is 0 Å². The van der Waals surface area contributed by atoms with Gasteiger partial charge in [0.15, 0.2) is 0 Å². The van der Waals surface area contributed by atoms with Crippen LogP contribution in [0.2, 0.25) is 0 Å². The summed E-state index contributed by atoms with van der Waals surface area (Å²) in [6.07, 6.45) is 1.51. The van der Waals surface area contributed by atoms with Crippen molar-refractivity contribution in [2.24, 2.45) is 5.92 Å². The third kappa shape index (κ3) is 3.87. The number of carbonyl (C=O) groups excluding carboxylic acids is 2. The van der Waals surface area contributed by atoms with E-state index in [4.69, 9.17) is 4.74 Å². The lowest BCUT2D eigenvalue weighted by Gasteiger charge is -2.24. The quantitative estimate of drug-likeness (QED) is 0.591. The first-order chi connectivity index (χ1) is 12.6. The third-order valence-electron chi connectivity index (χ3n) is 4.58. The smallest absolute Gasteiger partial charge is 0.231 e. The van der Waals surface area contributed by atoms with E-state index in [1.54, 1.807) is 9.80 Å². The second-order valence-electron chi connectivity index (χ2n) is 6.65. The molecule has 1 heterocycles. The van der Waals surface area contributed by atoms with Gasteiger partial charge in [0.2, 0.25) is 12.3 Å². The van der Waals surface area contributed by atoms with Gasteiger partial charge in [-0.05, 0) is 37.6 Å². The number of aryl methyl sites for hydroxylation is 1. The molecule has 0 saturated carbocycles. The van der Waals surface area contributed by atoms with Gasteiger partial charge < -0.3 is 14.5 Å². The Bertz CT molecular complexity index is 773. The Morgan fingerprint density at radius 3 is 2.50 bits per heavy atom. The predicted octanol–water partition coefficient (Wildman–Crippen LogP) is 3.41. The molecule has 0 saturated heterocycles. The summed E-state index contributed by atoms with van der Waals surface area (Å²) in [6.45, 7) is 5.38. The van der Waals surface area contributed by atoms with Crippen LogP contribution in [0.4, 0.5) is 11.4 Å². The number of nitrogens with zero attached hydrogens (tertiary/aromatic N) is 2. The monoisotopic (exact) mass is 352 g/mol. The fourth-order valence-corrected chi connectivity index (χ4v) is 3.17. The lowest BCUT2D eigenvalue weighted by atomic mass is 10.1. The van der Waals surface area contributed by atoms with Gasteiger partial charge in [-0.15, -0.1) is 0 Å². The minimum Gasteiger partial charge on any atom is -0.494 e. The molecular weight excluding hydrogens is 328 g/mol. The molecule has 1 atom stereocenters. The first kappa shape index (κ1) is 18.0. The zero-order valence-electron chi connectivity index (χ0n) is 15.2. The average Bonchev–Trinajstić information content (AvgIpc) is 2.76. The Labute approximate surface area is 154 Å². The molecule has 1 aliphatic heterocycles. The maximum Gasteiger partial charge on any atom is 0.231 e. The average molecular weight is 352 g/mol. The predicted molar refractivity (Wildman–Crippen MR) is 103 cm³/mol. The van der Waals surface area contributed by atoms with E-state index in [2.05, 4.69) is 0 Å². The van der Waals surface area contributed by atoms with Crippen LogP contribution >= 0.6 is 0 Å². The van der Waals surface area contributed by atoms with Gasteiger partial charge >= 0.3 is 0 Å². The number of ether oxygens (including phenoxy) is 1. The van der Waals surface area contributed by atoms with Crippen LogP contribution in [0.25, 0.3) is 0 Å². The van der Waals surface area contributed by atoms with Gasteiger partial charge in [-0.25, -0.2) is 0 Å². The molecule has 26 heavy (non-hydrogen) atoms. The minimum atomic E-state index is -0.245. The van der Waals surface area contributed by atoms with Crippen LogP contribution in [0.15, 0.2) is 48.5 Å². The number of carbonyl (C=O) groups is 2. The maximum absolute atomic E-state index is 12.8. The summed E-state index contributed by atoms with van der Waals surface area (Å²) in [5.41, 5.74) is 2.75. The largest absolute Gasteiger partial charge is 0.494 e. The molecule has 0 N–H and O–H groups in total. The number of amides is 2. The molecule has 5 nitrogen and oxygen atoms in total. The Morgan fingerprint density at radius 2 is 1.81 bits per heavy atom. The Balaban J connectivity index is 1.69. The molecule has 0 fully saturated rings. The molecule has 2 aromatic rings. The van der Waals surface area contributed by atoms with Crippen LogP contribution in [0.5, 0.6) is 5.75 Å². The molecule has 136 valence electrons. The Hall–Kier alpha value is -2.82. The maximum atomic E-state index is 12.8. The lowest BCUT2D eigenvalue weighted by Crippen LogP contribution is -2.37. The molecule has 3 rings (SSSR count). The van der Waals surface area contributed by atoms with Crippen molar-refractivity contribution in [2.75, 3.05) is 29.5 Å². The number of anilines is 2. The fraction of sp³-hybridized carbons (Fsp3) is 0.333. The first-order valence-corrected chi connectivity index (χ1v) is 8.92. The molecule has 1 unspecified atom stereocenters. The zero-order valence-corrected chi connectivity index (χ0v) is 15.2. The van der Waals surface area contributed by atoms with E-state index < -0.39 is 0 Å². The van der Waals surface area contributed by atoms with Crippen LogP contribution in [-0.2, 0) is 9.59 Å². The highest BCUT2D eigenvalue weighted by Crippen LogP contribution is 2.33. The van der Waals surface area contributed by atoms with E-state index >= 15 is 0 Å². The van der Waals surface area contributed by atoms with Crippen LogP contribution in [0.3, 0.4) is 0 Å². The van der Waals surface area contributed by atoms with Crippen molar-refractivity contribution in [2.45, 2.75) is 20.3 Å². The van der Waals surface area contributed by atoms with Gasteiger partial charge in [-0.3, -0.25) is 9.59 Å². The topological polar surface area (TPSA) is 49.9 Å². The van der Waals surface area contributed by atoms with Crippen LogP contribution in [0.1, 0.15) is 18.9 Å². The van der Waals surface area contributed by atoms with Crippen LogP contribution in [0, 0.1) is 12.8 Å². The highest BCUT2D eigenvalue weighted by molar-refractivity contribution is 6.02. The Kier molecular flexibility index (Phi) is 5.56. The second kappa shape index (κ2) is 8.04. The standard InChI is InChI=1S/C21H24N2O3/c1-16-8-10-18(11-9-16)26-13-5-12-23-20-7-4-3-6-19(20)22(15-24)14-17(2)21(23)25/h3-4,6-11,15,17H,5,12-14H2,1-2H3. The van der Waals surface area contributed by atoms with Gasteiger partial charge in [-0.1, -0.05) is 36.8 Å². The molecule has 5 heteroatoms. The summed E-state index contributed by atoms with van der Waals surface area (Å²) >= 11 is 0. The van der Waals surface area contributed by atoms with E-state index in [9.17, 15) is 9.59 Å². The van der Waals surface area contributed by atoms with Gasteiger partial charge in [0.25, 0.3) is 0 Å². The van der Waals surface area contributed by atoms with Crippen molar-refractivity contribution in [3.8, 4) is 5.75 Å². The molecule has 2 aromatic carbocycles. The highest BCUT2D eigenvalue weighted by atomic mass is 16.5. The zero-order chi connectivity index (χ0) is 18.5. The van der Waals surface area contributed by atoms with Gasteiger partial charge in [-0.2, -0.15) is 0 Å². The lowest BCUT2D eigenvalue weighted by molar-refractivity contribution is -0.121. The highest BCUT2D eigenvalue weighted by Gasteiger charge is 2.30. The van der Waals surface area contributed by atoms with Crippen molar-refractivity contribution in [3.05, 3.63) is 54.1 Å². The molecule has 0 aliphatic carbocycles. The molecule has 1 aliphatic rings. The first-order valence-electron chi connectivity index (χ1n) is 8.92. The number of fused-ring (bicyclic) bond motifs is 1. The second-order valence-corrected chi connectivity index (χ2v) is 6.65. The third-order valence-corrected chi connectivity index (χ3v) is 4.58. The molecule has 2 amide bonds. The van der Waals surface area contributed by atoms with Gasteiger partial charge in [0.1, 0.15) is 5.75 Å². The summed E-state index contributed by atoms with van der Waals surface area (Å²) in [5.74, 6) is 0.626. The number of hydrogen-bond acceptors (Lipinski definition) is 3. The van der Waals surface area contributed by atoms with E-state index in [1.807, 2.05) is 62.4 Å². The normalized spacial score (nSPS) is 16.8. The summed E-state index contributed by atoms with van der Waals surface area (Å²) in [6, 6.07) is 15.5. The van der Waals surface area contributed by atoms with Gasteiger partial charge in [0.05, 0.1) is 23.9 Å². The number of para-hydroxylation sites is 2. The molecular formula is C21H24N2O3.